The van der Waals surface area contributed by atoms with Crippen molar-refractivity contribution >= 4 is 58.9 Å². The molecule has 0 N–H and O–H groups in total. The topological polar surface area (TPSA) is 81.4 Å². The van der Waals surface area contributed by atoms with E-state index < -0.39 is 15.7 Å². The molecule has 0 aliphatic heterocycles. The summed E-state index contributed by atoms with van der Waals surface area (Å²) in [4.78, 5) is 22.0. The Morgan fingerprint density at radius 3 is 2.71 bits per heavy atom. The van der Waals surface area contributed by atoms with Gasteiger partial charge < -0.3 is 4.57 Å². The van der Waals surface area contributed by atoms with Crippen molar-refractivity contribution in [2.45, 2.75) is 11.4 Å². The molecule has 0 unspecified atom stereocenters. The number of amides is 1. The van der Waals surface area contributed by atoms with Crippen molar-refractivity contribution in [3.8, 4) is 0 Å². The molecular formula is C19H15N3O3S3. The monoisotopic (exact) mass is 429 g/mol. The van der Waals surface area contributed by atoms with Gasteiger partial charge in [-0.3, -0.25) is 4.79 Å². The lowest BCUT2D eigenvalue weighted by Crippen LogP contribution is -2.16. The van der Waals surface area contributed by atoms with E-state index in [0.717, 1.165) is 20.4 Å². The van der Waals surface area contributed by atoms with E-state index in [2.05, 4.69) is 16.6 Å². The van der Waals surface area contributed by atoms with Gasteiger partial charge in [-0.05, 0) is 30.3 Å². The fraction of sp³-hybridized carbons (Fsp3) is 0.105. The number of carbonyl (C=O) groups is 1. The highest BCUT2D eigenvalue weighted by Crippen LogP contribution is 2.24. The number of para-hydroxylation sites is 1. The number of hydrogen-bond donors (Lipinski definition) is 0. The standard InChI is InChI=1S/C19H15N3O3S3/c1-3-10-22-14-9-8-12(28(2,24)25)11-16(14)27-19(22)21-17(23)18-20-13-6-4-5-7-15(13)26-18/h3-9,11H,1,10H2,2H3. The number of sulfone groups is 1. The molecule has 0 aliphatic carbocycles. The minimum absolute atomic E-state index is 0.232. The van der Waals surface area contributed by atoms with Crippen LogP contribution in [0.5, 0.6) is 0 Å². The van der Waals surface area contributed by atoms with Crippen LogP contribution in [0.4, 0.5) is 0 Å². The number of rotatable bonds is 4. The molecule has 0 radical (unpaired) electrons. The number of benzene rings is 2. The third kappa shape index (κ3) is 3.44. The highest BCUT2D eigenvalue weighted by atomic mass is 32.2. The van der Waals surface area contributed by atoms with Crippen molar-refractivity contribution in [1.82, 2.24) is 9.55 Å². The van der Waals surface area contributed by atoms with E-state index in [1.54, 1.807) is 24.3 Å². The number of thiazole rings is 2. The minimum Gasteiger partial charge on any atom is -0.312 e. The lowest BCUT2D eigenvalue weighted by Gasteiger charge is -2.02. The number of hydrogen-bond acceptors (Lipinski definition) is 6. The van der Waals surface area contributed by atoms with Crippen molar-refractivity contribution in [3.63, 3.8) is 0 Å². The zero-order valence-corrected chi connectivity index (χ0v) is 17.3. The van der Waals surface area contributed by atoms with Gasteiger partial charge in [0.15, 0.2) is 19.6 Å². The Labute approximate surface area is 169 Å². The molecule has 142 valence electrons. The third-order valence-electron chi connectivity index (χ3n) is 4.07. The Hall–Kier alpha value is -2.62. The molecule has 0 bridgehead atoms. The second kappa shape index (κ2) is 7.08. The van der Waals surface area contributed by atoms with Crippen molar-refractivity contribution < 1.29 is 13.2 Å². The van der Waals surface area contributed by atoms with Gasteiger partial charge >= 0.3 is 5.91 Å². The predicted octanol–water partition coefficient (Wildman–Crippen LogP) is 3.64. The minimum atomic E-state index is -3.32. The van der Waals surface area contributed by atoms with Crippen LogP contribution in [0.15, 0.2) is 65.0 Å². The Balaban J connectivity index is 1.86. The summed E-state index contributed by atoms with van der Waals surface area (Å²) in [6, 6.07) is 12.4. The first-order valence-electron chi connectivity index (χ1n) is 8.26. The van der Waals surface area contributed by atoms with E-state index in [1.165, 1.54) is 28.9 Å². The van der Waals surface area contributed by atoms with Crippen LogP contribution in [-0.2, 0) is 16.4 Å². The largest absolute Gasteiger partial charge is 0.312 e. The molecule has 4 rings (SSSR count). The lowest BCUT2D eigenvalue weighted by atomic mass is 10.3. The number of fused-ring (bicyclic) bond motifs is 2. The molecule has 4 aromatic rings. The number of carbonyl (C=O) groups excluding carboxylic acids is 1. The molecule has 2 aromatic heterocycles. The van der Waals surface area contributed by atoms with E-state index in [0.29, 0.717) is 16.4 Å². The van der Waals surface area contributed by atoms with Gasteiger partial charge in [0.1, 0.15) is 0 Å². The summed E-state index contributed by atoms with van der Waals surface area (Å²) in [5.41, 5.74) is 1.56. The molecule has 0 saturated heterocycles. The van der Waals surface area contributed by atoms with Crippen LogP contribution in [0.1, 0.15) is 9.80 Å². The van der Waals surface area contributed by atoms with Crippen LogP contribution < -0.4 is 4.80 Å². The Morgan fingerprint density at radius 2 is 2.00 bits per heavy atom. The maximum atomic E-state index is 12.7. The second-order valence-electron chi connectivity index (χ2n) is 6.09. The first kappa shape index (κ1) is 18.7. The van der Waals surface area contributed by atoms with Crippen LogP contribution in [0.3, 0.4) is 0 Å². The second-order valence-corrected chi connectivity index (χ2v) is 10.1. The van der Waals surface area contributed by atoms with Crippen molar-refractivity contribution in [2.24, 2.45) is 4.99 Å². The van der Waals surface area contributed by atoms with Gasteiger partial charge in [-0.1, -0.05) is 29.5 Å². The highest BCUT2D eigenvalue weighted by molar-refractivity contribution is 7.90. The maximum Gasteiger partial charge on any atom is 0.308 e. The van der Waals surface area contributed by atoms with Crippen molar-refractivity contribution in [1.29, 1.82) is 0 Å². The summed E-state index contributed by atoms with van der Waals surface area (Å²) in [6.07, 6.45) is 2.87. The van der Waals surface area contributed by atoms with E-state index >= 15 is 0 Å². The smallest absolute Gasteiger partial charge is 0.308 e. The fourth-order valence-corrected chi connectivity index (χ4v) is 5.42. The summed E-state index contributed by atoms with van der Waals surface area (Å²) in [7, 11) is -3.32. The van der Waals surface area contributed by atoms with Gasteiger partial charge in [-0.25, -0.2) is 13.4 Å². The first-order valence-corrected chi connectivity index (χ1v) is 11.8. The fourth-order valence-electron chi connectivity index (χ4n) is 2.77. The Bertz CT molecular complexity index is 1380. The summed E-state index contributed by atoms with van der Waals surface area (Å²) in [6.45, 7) is 4.21. The Kier molecular flexibility index (Phi) is 4.74. The van der Waals surface area contributed by atoms with Crippen LogP contribution in [0.2, 0.25) is 0 Å². The molecule has 6 nitrogen and oxygen atoms in total. The molecule has 28 heavy (non-hydrogen) atoms. The molecule has 2 heterocycles. The number of nitrogens with zero attached hydrogens (tertiary/aromatic N) is 3. The van der Waals surface area contributed by atoms with Gasteiger partial charge in [-0.15, -0.1) is 17.9 Å². The highest BCUT2D eigenvalue weighted by Gasteiger charge is 2.15. The quantitative estimate of drug-likeness (QED) is 0.464. The molecule has 0 aliphatic rings. The zero-order valence-electron chi connectivity index (χ0n) is 14.8. The number of aromatic nitrogens is 2. The van der Waals surface area contributed by atoms with Crippen LogP contribution in [-0.4, -0.2) is 30.1 Å². The van der Waals surface area contributed by atoms with Crippen LogP contribution in [0, 0.1) is 0 Å². The van der Waals surface area contributed by atoms with E-state index in [-0.39, 0.29) is 4.90 Å². The van der Waals surface area contributed by atoms with Crippen molar-refractivity contribution in [2.75, 3.05) is 6.26 Å². The van der Waals surface area contributed by atoms with Gasteiger partial charge in [0, 0.05) is 12.8 Å². The number of allylic oxidation sites excluding steroid dienone is 1. The van der Waals surface area contributed by atoms with Gasteiger partial charge in [0.05, 0.1) is 25.3 Å². The molecule has 0 spiro atoms. The molecule has 0 fully saturated rings. The molecular weight excluding hydrogens is 414 g/mol. The molecule has 0 saturated carbocycles. The predicted molar refractivity (Wildman–Crippen MR) is 113 cm³/mol. The summed E-state index contributed by atoms with van der Waals surface area (Å²) in [5, 5.41) is 0.320. The SMILES string of the molecule is C=CCn1c(=NC(=O)c2nc3ccccc3s2)sc2cc(S(C)(=O)=O)ccc21. The maximum absolute atomic E-state index is 12.7. The molecule has 0 atom stereocenters. The summed E-state index contributed by atoms with van der Waals surface area (Å²) < 4.78 is 27.2. The van der Waals surface area contributed by atoms with E-state index in [9.17, 15) is 13.2 Å². The van der Waals surface area contributed by atoms with Gasteiger partial charge in [-0.2, -0.15) is 4.99 Å². The van der Waals surface area contributed by atoms with Crippen molar-refractivity contribution in [3.05, 3.63) is 64.9 Å². The third-order valence-corrected chi connectivity index (χ3v) is 7.24. The molecule has 1 amide bonds. The summed E-state index contributed by atoms with van der Waals surface area (Å²) >= 11 is 2.56. The summed E-state index contributed by atoms with van der Waals surface area (Å²) in [5.74, 6) is -0.422. The molecule has 2 aromatic carbocycles. The van der Waals surface area contributed by atoms with Crippen LogP contribution >= 0.6 is 22.7 Å². The van der Waals surface area contributed by atoms with Gasteiger partial charge in [0.25, 0.3) is 0 Å². The molecule has 9 heteroatoms. The van der Waals surface area contributed by atoms with Gasteiger partial charge in [0.2, 0.25) is 0 Å². The van der Waals surface area contributed by atoms with E-state index in [1.807, 2.05) is 28.8 Å². The van der Waals surface area contributed by atoms with Crippen LogP contribution in [0.25, 0.3) is 20.4 Å². The average Bonchev–Trinajstić information content (AvgIpc) is 3.23. The zero-order chi connectivity index (χ0) is 19.9. The first-order chi connectivity index (χ1) is 13.4. The lowest BCUT2D eigenvalue weighted by molar-refractivity contribution is 0.0997. The Morgan fingerprint density at radius 1 is 1.21 bits per heavy atom. The average molecular weight is 430 g/mol. The normalized spacial score (nSPS) is 12.7. The van der Waals surface area contributed by atoms with E-state index in [4.69, 9.17) is 0 Å².